The molecule has 1 unspecified atom stereocenters. The van der Waals surface area contributed by atoms with Gasteiger partial charge in [-0.3, -0.25) is 4.79 Å². The van der Waals surface area contributed by atoms with Crippen molar-refractivity contribution in [3.63, 3.8) is 0 Å². The number of amides is 1. The normalized spacial score (nSPS) is 12.2. The highest BCUT2D eigenvalue weighted by molar-refractivity contribution is 6.01. The Morgan fingerprint density at radius 2 is 2.20 bits per heavy atom. The molecule has 0 bridgehead atoms. The van der Waals surface area contributed by atoms with Crippen LogP contribution in [0.15, 0.2) is 18.2 Å². The van der Waals surface area contributed by atoms with Crippen molar-refractivity contribution in [2.45, 2.75) is 26.3 Å². The van der Waals surface area contributed by atoms with Crippen LogP contribution in [0.1, 0.15) is 30.6 Å². The smallest absolute Gasteiger partial charge is 0.257 e. The lowest BCUT2D eigenvalue weighted by atomic mass is 10.1. The summed E-state index contributed by atoms with van der Waals surface area (Å²) in [6.45, 7) is 5.70. The summed E-state index contributed by atoms with van der Waals surface area (Å²) < 4.78 is 5.18. The van der Waals surface area contributed by atoms with E-state index in [1.807, 2.05) is 0 Å². The number of rotatable bonds is 7. The summed E-state index contributed by atoms with van der Waals surface area (Å²) in [5.41, 5.74) is 6.68. The molecule has 5 nitrogen and oxygen atoms in total. The van der Waals surface area contributed by atoms with E-state index in [0.717, 1.165) is 13.0 Å². The van der Waals surface area contributed by atoms with Gasteiger partial charge in [0, 0.05) is 24.8 Å². The van der Waals surface area contributed by atoms with Gasteiger partial charge in [0.15, 0.2) is 0 Å². The van der Waals surface area contributed by atoms with E-state index >= 15 is 0 Å². The van der Waals surface area contributed by atoms with Crippen LogP contribution < -0.4 is 15.8 Å². The van der Waals surface area contributed by atoms with Crippen molar-refractivity contribution in [1.29, 1.82) is 0 Å². The molecule has 0 radical (unpaired) electrons. The molecular formula is C15H25N3O2. The van der Waals surface area contributed by atoms with Crippen LogP contribution in [0, 0.1) is 0 Å². The zero-order chi connectivity index (χ0) is 15.1. The molecule has 0 aromatic heterocycles. The molecule has 1 aromatic rings. The van der Waals surface area contributed by atoms with Gasteiger partial charge in [-0.1, -0.05) is 13.0 Å². The minimum Gasteiger partial charge on any atom is -0.496 e. The van der Waals surface area contributed by atoms with Crippen molar-refractivity contribution in [3.8, 4) is 5.75 Å². The first-order valence-electron chi connectivity index (χ1n) is 6.92. The Balaban J connectivity index is 2.60. The number of nitrogen functional groups attached to an aromatic ring is 1. The van der Waals surface area contributed by atoms with Crippen LogP contribution in [-0.4, -0.2) is 44.1 Å². The molecule has 0 spiro atoms. The van der Waals surface area contributed by atoms with E-state index in [4.69, 9.17) is 10.5 Å². The van der Waals surface area contributed by atoms with Gasteiger partial charge in [-0.15, -0.1) is 0 Å². The van der Waals surface area contributed by atoms with E-state index in [1.54, 1.807) is 18.2 Å². The topological polar surface area (TPSA) is 67.6 Å². The molecular weight excluding hydrogens is 254 g/mol. The Hall–Kier alpha value is -1.75. The number of anilines is 1. The largest absolute Gasteiger partial charge is 0.496 e. The van der Waals surface area contributed by atoms with Gasteiger partial charge in [-0.2, -0.15) is 0 Å². The second-order valence-corrected chi connectivity index (χ2v) is 4.92. The van der Waals surface area contributed by atoms with Crippen molar-refractivity contribution in [2.75, 3.05) is 33.0 Å². The highest BCUT2D eigenvalue weighted by atomic mass is 16.5. The molecule has 5 heteroatoms. The van der Waals surface area contributed by atoms with Crippen LogP contribution in [0.5, 0.6) is 5.75 Å². The fraction of sp³-hybridized carbons (Fsp3) is 0.533. The molecule has 0 saturated heterocycles. The zero-order valence-corrected chi connectivity index (χ0v) is 12.8. The molecule has 1 rings (SSSR count). The standard InChI is InChI=1S/C15H25N3O2/c1-5-11(2)18(3)10-9-17-15(19)14-12(16)7-6-8-13(14)20-4/h6-8,11H,5,9-10,16H2,1-4H3,(H,17,19). The number of methoxy groups -OCH3 is 1. The lowest BCUT2D eigenvalue weighted by molar-refractivity contribution is 0.0945. The number of hydrogen-bond donors (Lipinski definition) is 2. The maximum absolute atomic E-state index is 12.2. The fourth-order valence-corrected chi connectivity index (χ4v) is 1.93. The van der Waals surface area contributed by atoms with Gasteiger partial charge < -0.3 is 20.7 Å². The summed E-state index contributed by atoms with van der Waals surface area (Å²) in [6.07, 6.45) is 1.09. The van der Waals surface area contributed by atoms with Gasteiger partial charge in [0.1, 0.15) is 11.3 Å². The van der Waals surface area contributed by atoms with Gasteiger partial charge in [-0.25, -0.2) is 0 Å². The average Bonchev–Trinajstić information content (AvgIpc) is 2.45. The van der Waals surface area contributed by atoms with Crippen LogP contribution in [0.3, 0.4) is 0 Å². The molecule has 3 N–H and O–H groups in total. The number of hydrogen-bond acceptors (Lipinski definition) is 4. The van der Waals surface area contributed by atoms with E-state index in [0.29, 0.717) is 29.6 Å². The molecule has 1 amide bonds. The second-order valence-electron chi connectivity index (χ2n) is 4.92. The Labute approximate surface area is 121 Å². The first-order chi connectivity index (χ1) is 9.51. The quantitative estimate of drug-likeness (QED) is 0.746. The first-order valence-corrected chi connectivity index (χ1v) is 6.92. The number of ether oxygens (including phenoxy) is 1. The average molecular weight is 279 g/mol. The first kappa shape index (κ1) is 16.3. The highest BCUT2D eigenvalue weighted by Gasteiger charge is 2.15. The summed E-state index contributed by atoms with van der Waals surface area (Å²) in [7, 11) is 3.58. The van der Waals surface area contributed by atoms with Crippen LogP contribution >= 0.6 is 0 Å². The molecule has 20 heavy (non-hydrogen) atoms. The third kappa shape index (κ3) is 4.13. The number of nitrogens with two attached hydrogens (primary N) is 1. The molecule has 0 heterocycles. The summed E-state index contributed by atoms with van der Waals surface area (Å²) in [6, 6.07) is 5.70. The van der Waals surface area contributed by atoms with Crippen molar-refractivity contribution < 1.29 is 9.53 Å². The van der Waals surface area contributed by atoms with Crippen molar-refractivity contribution in [3.05, 3.63) is 23.8 Å². The lowest BCUT2D eigenvalue weighted by Gasteiger charge is -2.23. The third-order valence-corrected chi connectivity index (χ3v) is 3.60. The zero-order valence-electron chi connectivity index (χ0n) is 12.8. The fourth-order valence-electron chi connectivity index (χ4n) is 1.93. The van der Waals surface area contributed by atoms with Gasteiger partial charge in [-0.05, 0) is 32.5 Å². The summed E-state index contributed by atoms with van der Waals surface area (Å²) in [4.78, 5) is 14.4. The maximum atomic E-state index is 12.2. The van der Waals surface area contributed by atoms with Crippen molar-refractivity contribution in [1.82, 2.24) is 10.2 Å². The number of carbonyl (C=O) groups is 1. The molecule has 0 aliphatic heterocycles. The van der Waals surface area contributed by atoms with Crippen LogP contribution in [0.2, 0.25) is 0 Å². The van der Waals surface area contributed by atoms with Crippen molar-refractivity contribution in [2.24, 2.45) is 0 Å². The highest BCUT2D eigenvalue weighted by Crippen LogP contribution is 2.23. The predicted octanol–water partition coefficient (Wildman–Crippen LogP) is 1.74. The summed E-state index contributed by atoms with van der Waals surface area (Å²) in [5, 5.41) is 2.88. The van der Waals surface area contributed by atoms with E-state index in [9.17, 15) is 4.79 Å². The molecule has 1 atom stereocenters. The minimum absolute atomic E-state index is 0.197. The van der Waals surface area contributed by atoms with E-state index in [1.165, 1.54) is 7.11 Å². The van der Waals surface area contributed by atoms with E-state index in [2.05, 4.69) is 31.1 Å². The van der Waals surface area contributed by atoms with Gasteiger partial charge >= 0.3 is 0 Å². The Morgan fingerprint density at radius 3 is 2.80 bits per heavy atom. The number of likely N-dealkylation sites (N-methyl/N-ethyl adjacent to an activating group) is 1. The van der Waals surface area contributed by atoms with Gasteiger partial charge in [0.25, 0.3) is 5.91 Å². The molecule has 1 aromatic carbocycles. The minimum atomic E-state index is -0.197. The monoisotopic (exact) mass is 279 g/mol. The van der Waals surface area contributed by atoms with Crippen molar-refractivity contribution >= 4 is 11.6 Å². The van der Waals surface area contributed by atoms with Gasteiger partial charge in [0.2, 0.25) is 0 Å². The summed E-state index contributed by atoms with van der Waals surface area (Å²) >= 11 is 0. The predicted molar refractivity (Wildman–Crippen MR) is 82.1 cm³/mol. The van der Waals surface area contributed by atoms with E-state index < -0.39 is 0 Å². The number of nitrogens with one attached hydrogen (secondary N) is 1. The number of carbonyl (C=O) groups excluding carboxylic acids is 1. The SMILES string of the molecule is CCC(C)N(C)CCNC(=O)c1c(N)cccc1OC. The lowest BCUT2D eigenvalue weighted by Crippen LogP contribution is -2.37. The van der Waals surface area contributed by atoms with Crippen LogP contribution in [-0.2, 0) is 0 Å². The Morgan fingerprint density at radius 1 is 1.50 bits per heavy atom. The Kier molecular flexibility index (Phi) is 6.31. The number of benzene rings is 1. The molecule has 0 aliphatic carbocycles. The summed E-state index contributed by atoms with van der Waals surface area (Å²) in [5.74, 6) is 0.301. The second kappa shape index (κ2) is 7.75. The molecule has 0 fully saturated rings. The van der Waals surface area contributed by atoms with Crippen LogP contribution in [0.25, 0.3) is 0 Å². The maximum Gasteiger partial charge on any atom is 0.257 e. The van der Waals surface area contributed by atoms with Gasteiger partial charge in [0.05, 0.1) is 7.11 Å². The Bertz CT molecular complexity index is 449. The molecule has 0 saturated carbocycles. The van der Waals surface area contributed by atoms with E-state index in [-0.39, 0.29) is 5.91 Å². The third-order valence-electron chi connectivity index (χ3n) is 3.60. The molecule has 112 valence electrons. The number of nitrogens with zero attached hydrogens (tertiary/aromatic N) is 1. The van der Waals surface area contributed by atoms with Crippen LogP contribution in [0.4, 0.5) is 5.69 Å². The molecule has 0 aliphatic rings.